The number of hydrogen-bond acceptors (Lipinski definition) is 6. The van der Waals surface area contributed by atoms with Gasteiger partial charge < -0.3 is 19.6 Å². The van der Waals surface area contributed by atoms with E-state index in [2.05, 4.69) is 6.08 Å². The van der Waals surface area contributed by atoms with E-state index in [0.717, 1.165) is 42.1 Å². The molecular formula is C33H38N2O5S. The number of carbonyl (C=O) groups is 3. The lowest BCUT2D eigenvalue weighted by atomic mass is 9.78. The number of esters is 1. The van der Waals surface area contributed by atoms with E-state index >= 15 is 0 Å². The molecule has 1 N–H and O–H groups in total. The van der Waals surface area contributed by atoms with Gasteiger partial charge in [-0.25, -0.2) is 0 Å². The van der Waals surface area contributed by atoms with Gasteiger partial charge in [0.25, 0.3) is 5.91 Å². The van der Waals surface area contributed by atoms with Gasteiger partial charge in [-0.2, -0.15) is 0 Å². The van der Waals surface area contributed by atoms with E-state index in [4.69, 9.17) is 4.74 Å². The van der Waals surface area contributed by atoms with Crippen LogP contribution in [-0.2, 0) is 19.1 Å². The number of hydrogen-bond donors (Lipinski definition) is 1. The minimum Gasteiger partial charge on any atom is -0.465 e. The minimum atomic E-state index is -0.951. The molecule has 1 unspecified atom stereocenters. The van der Waals surface area contributed by atoms with Crippen molar-refractivity contribution >= 4 is 46.0 Å². The number of carbonyl (C=O) groups excluding carboxylic acids is 3. The lowest BCUT2D eigenvalue weighted by Crippen LogP contribution is -2.58. The largest absolute Gasteiger partial charge is 0.465 e. The third-order valence-corrected chi connectivity index (χ3v) is 11.2. The van der Waals surface area contributed by atoms with Gasteiger partial charge in [-0.05, 0) is 48.1 Å². The molecule has 4 heterocycles. The van der Waals surface area contributed by atoms with E-state index in [1.807, 2.05) is 74.5 Å². The summed E-state index contributed by atoms with van der Waals surface area (Å²) < 4.78 is 4.77. The summed E-state index contributed by atoms with van der Waals surface area (Å²) in [6.07, 6.45) is 11.5. The van der Waals surface area contributed by atoms with Crippen molar-refractivity contribution < 1.29 is 24.2 Å². The van der Waals surface area contributed by atoms with Crippen molar-refractivity contribution in [2.75, 3.05) is 24.7 Å². The Labute approximate surface area is 245 Å². The van der Waals surface area contributed by atoms with Crippen LogP contribution in [0.15, 0.2) is 66.8 Å². The topological polar surface area (TPSA) is 87.2 Å². The average Bonchev–Trinajstić information content (AvgIpc) is 3.37. The van der Waals surface area contributed by atoms with Crippen molar-refractivity contribution in [3.8, 4) is 0 Å². The third kappa shape index (κ3) is 4.59. The van der Waals surface area contributed by atoms with Crippen molar-refractivity contribution in [2.45, 2.75) is 61.6 Å². The second-order valence-electron chi connectivity index (χ2n) is 11.7. The predicted molar refractivity (Wildman–Crippen MR) is 161 cm³/mol. The summed E-state index contributed by atoms with van der Waals surface area (Å²) in [6.45, 7) is 4.46. The van der Waals surface area contributed by atoms with Crippen LogP contribution in [0.2, 0.25) is 0 Å². The molecule has 8 heteroatoms. The number of aliphatic hydroxyl groups excluding tert-OH is 1. The highest BCUT2D eigenvalue weighted by molar-refractivity contribution is 8.02. The van der Waals surface area contributed by atoms with Gasteiger partial charge in [0, 0.05) is 17.5 Å². The smallest absolute Gasteiger partial charge is 0.311 e. The predicted octanol–water partition coefficient (Wildman–Crippen LogP) is 4.73. The van der Waals surface area contributed by atoms with Crippen molar-refractivity contribution in [3.63, 3.8) is 0 Å². The number of amides is 2. The molecule has 6 rings (SSSR count). The van der Waals surface area contributed by atoms with Crippen LogP contribution in [0.4, 0.5) is 5.69 Å². The SMILES string of the molecule is CC[C@H](C)[C@H](CO)N1C(=O)[C@@H]2[C@@H]3C(=O)OCCCC/C=C\[C@@H]3S[C@@]23C=CCN(c2ccc4ccccc4c2)C(=O)C13. The first-order valence-electron chi connectivity index (χ1n) is 14.8. The van der Waals surface area contributed by atoms with Gasteiger partial charge in [0.05, 0.1) is 35.8 Å². The van der Waals surface area contributed by atoms with Gasteiger partial charge in [-0.15, -0.1) is 11.8 Å². The van der Waals surface area contributed by atoms with E-state index in [0.29, 0.717) is 13.2 Å². The lowest BCUT2D eigenvalue weighted by molar-refractivity contribution is -0.153. The average molecular weight is 575 g/mol. The first-order chi connectivity index (χ1) is 19.9. The summed E-state index contributed by atoms with van der Waals surface area (Å²) in [6, 6.07) is 12.6. The molecule has 2 aromatic rings. The van der Waals surface area contributed by atoms with E-state index in [1.165, 1.54) is 0 Å². The Morgan fingerprint density at radius 2 is 1.88 bits per heavy atom. The molecule has 4 aliphatic rings. The molecule has 7 atom stereocenters. The van der Waals surface area contributed by atoms with Crippen LogP contribution in [0, 0.1) is 17.8 Å². The van der Waals surface area contributed by atoms with Crippen molar-refractivity contribution in [3.05, 3.63) is 66.8 Å². The van der Waals surface area contributed by atoms with Gasteiger partial charge in [-0.3, -0.25) is 14.4 Å². The van der Waals surface area contributed by atoms with Crippen LogP contribution in [-0.4, -0.2) is 69.6 Å². The molecule has 0 aliphatic carbocycles. The Bertz CT molecular complexity index is 1410. The maximum atomic E-state index is 14.8. The highest BCUT2D eigenvalue weighted by atomic mass is 32.2. The third-order valence-electron chi connectivity index (χ3n) is 9.43. The molecule has 4 aliphatic heterocycles. The van der Waals surface area contributed by atoms with Crippen molar-refractivity contribution in [2.24, 2.45) is 17.8 Å². The maximum absolute atomic E-state index is 14.8. The van der Waals surface area contributed by atoms with E-state index in [1.54, 1.807) is 21.6 Å². The molecule has 7 nitrogen and oxygen atoms in total. The molecule has 2 fully saturated rings. The van der Waals surface area contributed by atoms with Crippen LogP contribution in [0.3, 0.4) is 0 Å². The highest BCUT2D eigenvalue weighted by Gasteiger charge is 2.72. The molecule has 2 saturated heterocycles. The fourth-order valence-electron chi connectivity index (χ4n) is 7.10. The lowest BCUT2D eigenvalue weighted by Gasteiger charge is -2.40. The van der Waals surface area contributed by atoms with Crippen LogP contribution >= 0.6 is 11.8 Å². The number of cyclic esters (lactones) is 1. The van der Waals surface area contributed by atoms with Gasteiger partial charge in [0.2, 0.25) is 5.91 Å². The molecule has 0 bridgehead atoms. The number of nitrogens with zero attached hydrogens (tertiary/aromatic N) is 2. The normalized spacial score (nSPS) is 32.1. The number of allylic oxidation sites excluding steroid dienone is 1. The van der Waals surface area contributed by atoms with Crippen molar-refractivity contribution in [1.29, 1.82) is 0 Å². The number of likely N-dealkylation sites (tertiary alicyclic amines) is 1. The number of benzene rings is 2. The van der Waals surface area contributed by atoms with E-state index in [9.17, 15) is 19.5 Å². The molecule has 0 aromatic heterocycles. The summed E-state index contributed by atoms with van der Waals surface area (Å²) in [7, 11) is 0. The molecule has 2 aromatic carbocycles. The Kier molecular flexibility index (Phi) is 7.72. The molecule has 0 saturated carbocycles. The Morgan fingerprint density at radius 1 is 1.07 bits per heavy atom. The number of aliphatic hydroxyl groups is 1. The molecule has 1 spiro atoms. The summed E-state index contributed by atoms with van der Waals surface area (Å²) in [5.74, 6) is -2.29. The highest BCUT2D eigenvalue weighted by Crippen LogP contribution is 2.61. The first-order valence-corrected chi connectivity index (χ1v) is 15.7. The second kappa shape index (κ2) is 11.3. The van der Waals surface area contributed by atoms with Gasteiger partial charge in [0.15, 0.2) is 0 Å². The fraction of sp³-hybridized carbons (Fsp3) is 0.485. The quantitative estimate of drug-likeness (QED) is 0.411. The van der Waals surface area contributed by atoms with Crippen LogP contribution < -0.4 is 4.90 Å². The fourth-order valence-corrected chi connectivity index (χ4v) is 9.09. The summed E-state index contributed by atoms with van der Waals surface area (Å²) in [5, 5.41) is 12.4. The second-order valence-corrected chi connectivity index (χ2v) is 13.2. The molecule has 41 heavy (non-hydrogen) atoms. The summed E-state index contributed by atoms with van der Waals surface area (Å²) >= 11 is 1.54. The van der Waals surface area contributed by atoms with Gasteiger partial charge in [0.1, 0.15) is 6.04 Å². The van der Waals surface area contributed by atoms with Gasteiger partial charge in [-0.1, -0.05) is 74.9 Å². The minimum absolute atomic E-state index is 0.0364. The molecule has 0 radical (unpaired) electrons. The Hall–Kier alpha value is -3.10. The van der Waals surface area contributed by atoms with Crippen molar-refractivity contribution in [1.82, 2.24) is 4.90 Å². The maximum Gasteiger partial charge on any atom is 0.311 e. The molecule has 216 valence electrons. The van der Waals surface area contributed by atoms with E-state index < -0.39 is 28.7 Å². The Balaban J connectivity index is 1.48. The van der Waals surface area contributed by atoms with Crippen LogP contribution in [0.1, 0.15) is 39.5 Å². The monoisotopic (exact) mass is 574 g/mol. The molecular weight excluding hydrogens is 536 g/mol. The number of thioether (sulfide) groups is 1. The van der Waals surface area contributed by atoms with Crippen LogP contribution in [0.5, 0.6) is 0 Å². The zero-order valence-corrected chi connectivity index (χ0v) is 24.5. The van der Waals surface area contributed by atoms with Crippen LogP contribution in [0.25, 0.3) is 10.8 Å². The van der Waals surface area contributed by atoms with Gasteiger partial charge >= 0.3 is 5.97 Å². The Morgan fingerprint density at radius 3 is 2.66 bits per heavy atom. The number of anilines is 1. The number of ether oxygens (including phenoxy) is 1. The zero-order valence-electron chi connectivity index (χ0n) is 23.6. The standard InChI is InChI=1S/C33H38N2O5S/c1-3-21(2)25(20-36)35-29-31(38)34(24-15-14-22-11-7-8-12-23(22)19-24)17-10-16-33(29)28(30(35)37)27-26(41-33)13-6-4-5-9-18-40-32(27)39/h6-8,10-16,19,21,25-29,36H,3-5,9,17-18,20H2,1-2H3/b13-6-/t21-,25-,26-,27+,28-,29?,33-/m0/s1. The zero-order chi connectivity index (χ0) is 28.7. The number of fused-ring (bicyclic) bond motifs is 3. The van der Waals surface area contributed by atoms with E-state index in [-0.39, 0.29) is 35.6 Å². The number of rotatable bonds is 5. The summed E-state index contributed by atoms with van der Waals surface area (Å²) in [4.78, 5) is 46.3. The molecule has 2 amide bonds. The first kappa shape index (κ1) is 28.0. The summed E-state index contributed by atoms with van der Waals surface area (Å²) in [5.41, 5.74) is 0.761.